The van der Waals surface area contributed by atoms with Gasteiger partial charge in [0, 0.05) is 11.6 Å². The van der Waals surface area contributed by atoms with Crippen molar-refractivity contribution < 1.29 is 19.8 Å². The molecular formula is C19H16O4. The molecule has 0 aromatic heterocycles. The summed E-state index contributed by atoms with van der Waals surface area (Å²) >= 11 is 0. The fourth-order valence-electron chi connectivity index (χ4n) is 1.93. The Morgan fingerprint density at radius 2 is 1.35 bits per heavy atom. The number of carbonyl (C=O) groups is 2. The summed E-state index contributed by atoms with van der Waals surface area (Å²) in [6.45, 7) is -0.0486. The monoisotopic (exact) mass is 308 g/mol. The van der Waals surface area contributed by atoms with Crippen LogP contribution in [0, 0.1) is 0 Å². The number of carbonyl (C=O) groups excluding carboxylic acids is 1. The van der Waals surface area contributed by atoms with Crippen molar-refractivity contribution in [1.29, 1.82) is 0 Å². The Balaban J connectivity index is 2.04. The van der Waals surface area contributed by atoms with Crippen LogP contribution in [0.25, 0.3) is 12.2 Å². The molecule has 4 heteroatoms. The van der Waals surface area contributed by atoms with Crippen LogP contribution < -0.4 is 0 Å². The summed E-state index contributed by atoms with van der Waals surface area (Å²) in [4.78, 5) is 22.5. The van der Waals surface area contributed by atoms with E-state index in [2.05, 4.69) is 0 Å². The second-order valence-electron chi connectivity index (χ2n) is 4.89. The maximum Gasteiger partial charge on any atom is 0.328 e. The van der Waals surface area contributed by atoms with Crippen molar-refractivity contribution in [1.82, 2.24) is 0 Å². The summed E-state index contributed by atoms with van der Waals surface area (Å²) in [5, 5.41) is 17.5. The number of carboxylic acid groups (broad SMARTS) is 1. The topological polar surface area (TPSA) is 74.6 Å². The number of carboxylic acids is 1. The lowest BCUT2D eigenvalue weighted by atomic mass is 10.1. The molecule has 0 aliphatic heterocycles. The molecule has 2 rings (SSSR count). The molecule has 0 aliphatic rings. The van der Waals surface area contributed by atoms with Gasteiger partial charge in [0.15, 0.2) is 5.78 Å². The standard InChI is InChI=1S/C19H16O4/c20-13-16-5-9-17(10-6-16)18(21)11-7-14-1-3-15(4-2-14)8-12-19(22)23/h1-12,20H,13H2,(H,22,23). The fourth-order valence-corrected chi connectivity index (χ4v) is 1.93. The lowest BCUT2D eigenvalue weighted by molar-refractivity contribution is -0.131. The number of rotatable bonds is 6. The van der Waals surface area contributed by atoms with E-state index < -0.39 is 5.97 Å². The second kappa shape index (κ2) is 7.87. The minimum Gasteiger partial charge on any atom is -0.478 e. The van der Waals surface area contributed by atoms with Crippen molar-refractivity contribution in [3.63, 3.8) is 0 Å². The van der Waals surface area contributed by atoms with E-state index in [0.717, 1.165) is 22.8 Å². The Morgan fingerprint density at radius 1 is 0.826 bits per heavy atom. The van der Waals surface area contributed by atoms with Gasteiger partial charge in [-0.1, -0.05) is 54.6 Å². The first-order valence-corrected chi connectivity index (χ1v) is 7.02. The molecule has 0 saturated carbocycles. The van der Waals surface area contributed by atoms with Crippen molar-refractivity contribution in [2.45, 2.75) is 6.61 Å². The van der Waals surface area contributed by atoms with Gasteiger partial charge in [-0.2, -0.15) is 0 Å². The van der Waals surface area contributed by atoms with Gasteiger partial charge in [-0.15, -0.1) is 0 Å². The number of aliphatic carboxylic acids is 1. The van der Waals surface area contributed by atoms with Crippen molar-refractivity contribution in [2.24, 2.45) is 0 Å². The molecule has 0 bridgehead atoms. The average Bonchev–Trinajstić information content (AvgIpc) is 2.58. The van der Waals surface area contributed by atoms with Gasteiger partial charge in [0.1, 0.15) is 0 Å². The number of hydrogen-bond donors (Lipinski definition) is 2. The fraction of sp³-hybridized carbons (Fsp3) is 0.0526. The Hall–Kier alpha value is -2.98. The van der Waals surface area contributed by atoms with E-state index in [1.54, 1.807) is 54.6 Å². The zero-order valence-electron chi connectivity index (χ0n) is 12.3. The number of allylic oxidation sites excluding steroid dienone is 1. The van der Waals surface area contributed by atoms with Crippen molar-refractivity contribution >= 4 is 23.9 Å². The number of benzene rings is 2. The molecule has 0 amide bonds. The van der Waals surface area contributed by atoms with Crippen LogP contribution in [0.3, 0.4) is 0 Å². The Bertz CT molecular complexity index is 738. The second-order valence-corrected chi connectivity index (χ2v) is 4.89. The Morgan fingerprint density at radius 3 is 1.83 bits per heavy atom. The number of aliphatic hydroxyl groups excluding tert-OH is 1. The van der Waals surface area contributed by atoms with E-state index in [1.807, 2.05) is 0 Å². The zero-order chi connectivity index (χ0) is 16.7. The number of ketones is 1. The maximum atomic E-state index is 12.0. The minimum atomic E-state index is -0.994. The van der Waals surface area contributed by atoms with E-state index in [9.17, 15) is 9.59 Å². The molecule has 0 fully saturated rings. The third kappa shape index (κ3) is 5.05. The number of aliphatic hydroxyl groups is 1. The molecule has 2 N–H and O–H groups in total. The Kier molecular flexibility index (Phi) is 5.61. The molecule has 0 aliphatic carbocycles. The van der Waals surface area contributed by atoms with Crippen LogP contribution in [0.1, 0.15) is 27.0 Å². The normalized spacial score (nSPS) is 11.2. The van der Waals surface area contributed by atoms with E-state index in [1.165, 1.54) is 12.2 Å². The average molecular weight is 308 g/mol. The molecular weight excluding hydrogens is 292 g/mol. The summed E-state index contributed by atoms with van der Waals surface area (Å²) in [6, 6.07) is 13.9. The molecule has 0 heterocycles. The van der Waals surface area contributed by atoms with Crippen LogP contribution in [-0.2, 0) is 11.4 Å². The van der Waals surface area contributed by atoms with Crippen molar-refractivity contribution in [3.8, 4) is 0 Å². The minimum absolute atomic E-state index is 0.0486. The molecule has 0 saturated heterocycles. The van der Waals surface area contributed by atoms with E-state index in [4.69, 9.17) is 10.2 Å². The third-order valence-corrected chi connectivity index (χ3v) is 3.20. The lowest BCUT2D eigenvalue weighted by Crippen LogP contribution is -1.94. The van der Waals surface area contributed by atoms with E-state index in [0.29, 0.717) is 5.56 Å². The SMILES string of the molecule is O=C(O)C=Cc1ccc(C=CC(=O)c2ccc(CO)cc2)cc1. The highest BCUT2D eigenvalue weighted by Crippen LogP contribution is 2.10. The van der Waals surface area contributed by atoms with Crippen LogP contribution in [0.4, 0.5) is 0 Å². The van der Waals surface area contributed by atoms with Gasteiger partial charge in [-0.05, 0) is 28.8 Å². The Labute approximate surface area is 134 Å². The zero-order valence-corrected chi connectivity index (χ0v) is 12.3. The van der Waals surface area contributed by atoms with Crippen molar-refractivity contribution in [3.05, 3.63) is 82.9 Å². The van der Waals surface area contributed by atoms with Crippen LogP contribution in [-0.4, -0.2) is 22.0 Å². The quantitative estimate of drug-likeness (QED) is 0.635. The smallest absolute Gasteiger partial charge is 0.328 e. The summed E-state index contributed by atoms with van der Waals surface area (Å²) in [5.74, 6) is -1.11. The maximum absolute atomic E-state index is 12.0. The largest absolute Gasteiger partial charge is 0.478 e. The van der Waals surface area contributed by atoms with Gasteiger partial charge in [-0.3, -0.25) is 4.79 Å². The molecule has 0 atom stereocenters. The van der Waals surface area contributed by atoms with Crippen LogP contribution in [0.15, 0.2) is 60.7 Å². The van der Waals surface area contributed by atoms with Crippen LogP contribution >= 0.6 is 0 Å². The predicted octanol–water partition coefficient (Wildman–Crippen LogP) is 3.17. The third-order valence-electron chi connectivity index (χ3n) is 3.20. The molecule has 23 heavy (non-hydrogen) atoms. The summed E-state index contributed by atoms with van der Waals surface area (Å²) in [6.07, 6.45) is 5.76. The number of hydrogen-bond acceptors (Lipinski definition) is 3. The molecule has 116 valence electrons. The van der Waals surface area contributed by atoms with Crippen LogP contribution in [0.5, 0.6) is 0 Å². The first-order valence-electron chi connectivity index (χ1n) is 7.02. The molecule has 4 nitrogen and oxygen atoms in total. The summed E-state index contributed by atoms with van der Waals surface area (Å²) < 4.78 is 0. The van der Waals surface area contributed by atoms with Gasteiger partial charge >= 0.3 is 5.97 Å². The van der Waals surface area contributed by atoms with Gasteiger partial charge in [0.25, 0.3) is 0 Å². The summed E-state index contributed by atoms with van der Waals surface area (Å²) in [7, 11) is 0. The molecule has 2 aromatic carbocycles. The van der Waals surface area contributed by atoms with Gasteiger partial charge < -0.3 is 10.2 Å². The lowest BCUT2D eigenvalue weighted by Gasteiger charge is -1.99. The molecule has 0 spiro atoms. The molecule has 0 unspecified atom stereocenters. The van der Waals surface area contributed by atoms with Crippen molar-refractivity contribution in [2.75, 3.05) is 0 Å². The first-order chi connectivity index (χ1) is 11.1. The van der Waals surface area contributed by atoms with E-state index >= 15 is 0 Å². The van der Waals surface area contributed by atoms with Gasteiger partial charge in [-0.25, -0.2) is 4.79 Å². The van der Waals surface area contributed by atoms with Gasteiger partial charge in [0.05, 0.1) is 6.61 Å². The molecule has 0 radical (unpaired) electrons. The highest BCUT2D eigenvalue weighted by molar-refractivity contribution is 6.06. The highest BCUT2D eigenvalue weighted by Gasteiger charge is 2.01. The van der Waals surface area contributed by atoms with Crippen LogP contribution in [0.2, 0.25) is 0 Å². The van der Waals surface area contributed by atoms with Gasteiger partial charge in [0.2, 0.25) is 0 Å². The first kappa shape index (κ1) is 16.4. The molecule has 2 aromatic rings. The highest BCUT2D eigenvalue weighted by atomic mass is 16.4. The van der Waals surface area contributed by atoms with E-state index in [-0.39, 0.29) is 12.4 Å². The summed E-state index contributed by atoms with van der Waals surface area (Å²) in [5.41, 5.74) is 2.93. The predicted molar refractivity (Wildman–Crippen MR) is 88.8 cm³/mol.